The van der Waals surface area contributed by atoms with Crippen LogP contribution in [0.25, 0.3) is 28.2 Å². The quantitative estimate of drug-likeness (QED) is 0.673. The summed E-state index contributed by atoms with van der Waals surface area (Å²) in [5.74, 6) is -0.335. The van der Waals surface area contributed by atoms with Crippen molar-refractivity contribution >= 4 is 23.1 Å². The molecule has 1 N–H and O–H groups in total. The highest BCUT2D eigenvalue weighted by atomic mass is 16.4. The van der Waals surface area contributed by atoms with Crippen LogP contribution in [0.5, 0.6) is 0 Å². The number of carbonyl (C=O) groups is 1. The zero-order chi connectivity index (χ0) is 19.0. The van der Waals surface area contributed by atoms with E-state index >= 15 is 0 Å². The van der Waals surface area contributed by atoms with E-state index in [2.05, 4.69) is 16.1 Å². The van der Waals surface area contributed by atoms with Crippen LogP contribution < -0.4 is 0 Å². The number of aromatic nitrogens is 4. The van der Waals surface area contributed by atoms with E-state index in [1.807, 2.05) is 37.1 Å². The fourth-order valence-corrected chi connectivity index (χ4v) is 3.47. The van der Waals surface area contributed by atoms with Gasteiger partial charge in [-0.05, 0) is 56.7 Å². The van der Waals surface area contributed by atoms with Gasteiger partial charge in [0.25, 0.3) is 0 Å². The Hall–Kier alpha value is -3.02. The van der Waals surface area contributed by atoms with Crippen LogP contribution in [0.1, 0.15) is 36.6 Å². The van der Waals surface area contributed by atoms with Gasteiger partial charge in [0, 0.05) is 47.1 Å². The first-order valence-electron chi connectivity index (χ1n) is 9.28. The van der Waals surface area contributed by atoms with Gasteiger partial charge in [-0.3, -0.25) is 4.98 Å². The van der Waals surface area contributed by atoms with Crippen molar-refractivity contribution in [2.24, 2.45) is 5.92 Å². The Morgan fingerprint density at radius 3 is 2.81 bits per heavy atom. The molecule has 0 spiro atoms. The zero-order valence-corrected chi connectivity index (χ0v) is 15.5. The van der Waals surface area contributed by atoms with Crippen molar-refractivity contribution in [2.75, 3.05) is 0 Å². The van der Waals surface area contributed by atoms with Crippen LogP contribution in [-0.4, -0.2) is 30.8 Å². The molecule has 0 aromatic carbocycles. The molecule has 6 nitrogen and oxygen atoms in total. The summed E-state index contributed by atoms with van der Waals surface area (Å²) in [7, 11) is 0. The fraction of sp³-hybridized carbons (Fsp3) is 0.333. The van der Waals surface area contributed by atoms with Crippen molar-refractivity contribution in [1.82, 2.24) is 19.7 Å². The highest BCUT2D eigenvalue weighted by Gasteiger charge is 2.26. The molecule has 3 heterocycles. The van der Waals surface area contributed by atoms with Crippen LogP contribution >= 0.6 is 0 Å². The third kappa shape index (κ3) is 3.47. The lowest BCUT2D eigenvalue weighted by Gasteiger charge is -2.14. The van der Waals surface area contributed by atoms with E-state index in [0.29, 0.717) is 5.92 Å². The average Bonchev–Trinajstić information content (AvgIpc) is 3.36. The fourth-order valence-electron chi connectivity index (χ4n) is 3.47. The SMILES string of the molecule is CCn1ncc2c(-c3cncc(C)c3)c(C=CC(=O)O)c(CC3CC3)nc21. The summed E-state index contributed by atoms with van der Waals surface area (Å²) in [6, 6.07) is 2.07. The molecule has 0 bridgehead atoms. The standard InChI is InChI=1S/C21H22N4O2/c1-3-25-21-17(12-23-25)20(15-8-13(2)10-22-11-15)16(6-7-19(26)27)18(24-21)9-14-4-5-14/h6-8,10-12,14H,3-5,9H2,1-2H3,(H,26,27). The first-order chi connectivity index (χ1) is 13.1. The zero-order valence-electron chi connectivity index (χ0n) is 15.5. The number of hydrogen-bond donors (Lipinski definition) is 1. The van der Waals surface area contributed by atoms with E-state index in [0.717, 1.165) is 51.9 Å². The molecule has 0 atom stereocenters. The molecule has 0 unspecified atom stereocenters. The topological polar surface area (TPSA) is 80.9 Å². The number of aryl methyl sites for hydroxylation is 2. The number of pyridine rings is 2. The first kappa shape index (κ1) is 17.4. The average molecular weight is 362 g/mol. The van der Waals surface area contributed by atoms with Crippen LogP contribution in [0.2, 0.25) is 0 Å². The molecule has 1 aliphatic rings. The number of fused-ring (bicyclic) bond motifs is 1. The molecule has 6 heteroatoms. The maximum absolute atomic E-state index is 11.2. The lowest BCUT2D eigenvalue weighted by atomic mass is 9.94. The van der Waals surface area contributed by atoms with E-state index in [-0.39, 0.29) is 0 Å². The minimum Gasteiger partial charge on any atom is -0.478 e. The summed E-state index contributed by atoms with van der Waals surface area (Å²) >= 11 is 0. The van der Waals surface area contributed by atoms with E-state index in [1.54, 1.807) is 6.08 Å². The summed E-state index contributed by atoms with van der Waals surface area (Å²) in [4.78, 5) is 20.5. The van der Waals surface area contributed by atoms with Crippen molar-refractivity contribution in [2.45, 2.75) is 39.7 Å². The lowest BCUT2D eigenvalue weighted by molar-refractivity contribution is -0.131. The van der Waals surface area contributed by atoms with Gasteiger partial charge >= 0.3 is 5.97 Å². The predicted molar refractivity (Wildman–Crippen MR) is 104 cm³/mol. The van der Waals surface area contributed by atoms with Crippen molar-refractivity contribution in [3.05, 3.63) is 47.6 Å². The second kappa shape index (κ2) is 6.95. The number of hydrogen-bond acceptors (Lipinski definition) is 4. The molecule has 1 fully saturated rings. The molecule has 1 saturated carbocycles. The van der Waals surface area contributed by atoms with Gasteiger partial charge in [0.15, 0.2) is 5.65 Å². The third-order valence-corrected chi connectivity index (χ3v) is 4.94. The Labute approximate surface area is 157 Å². The highest BCUT2D eigenvalue weighted by molar-refractivity contribution is 5.99. The highest BCUT2D eigenvalue weighted by Crippen LogP contribution is 2.38. The van der Waals surface area contributed by atoms with Crippen LogP contribution in [-0.2, 0) is 17.8 Å². The molecule has 0 aliphatic heterocycles. The van der Waals surface area contributed by atoms with Gasteiger partial charge in [-0.25, -0.2) is 14.5 Å². The van der Waals surface area contributed by atoms with E-state index in [1.165, 1.54) is 18.9 Å². The molecule has 0 amide bonds. The predicted octanol–water partition coefficient (Wildman–Crippen LogP) is 3.87. The van der Waals surface area contributed by atoms with E-state index in [9.17, 15) is 9.90 Å². The van der Waals surface area contributed by atoms with Gasteiger partial charge in [-0.1, -0.05) is 0 Å². The normalized spacial score (nSPS) is 14.3. The Morgan fingerprint density at radius 2 is 2.15 bits per heavy atom. The maximum atomic E-state index is 11.2. The van der Waals surface area contributed by atoms with E-state index in [4.69, 9.17) is 4.98 Å². The third-order valence-electron chi connectivity index (χ3n) is 4.94. The van der Waals surface area contributed by atoms with Crippen molar-refractivity contribution in [3.63, 3.8) is 0 Å². The lowest BCUT2D eigenvalue weighted by Crippen LogP contribution is -2.04. The number of carboxylic acids is 1. The number of carboxylic acid groups (broad SMARTS) is 1. The summed E-state index contributed by atoms with van der Waals surface area (Å²) in [6.07, 6.45) is 11.6. The maximum Gasteiger partial charge on any atom is 0.328 e. The molecule has 1 aliphatic carbocycles. The summed E-state index contributed by atoms with van der Waals surface area (Å²) in [5, 5.41) is 14.6. The second-order valence-corrected chi connectivity index (χ2v) is 7.11. The van der Waals surface area contributed by atoms with Gasteiger partial charge in [0.2, 0.25) is 0 Å². The van der Waals surface area contributed by atoms with Gasteiger partial charge < -0.3 is 5.11 Å². The Kier molecular flexibility index (Phi) is 4.48. The second-order valence-electron chi connectivity index (χ2n) is 7.11. The van der Waals surface area contributed by atoms with E-state index < -0.39 is 5.97 Å². The largest absolute Gasteiger partial charge is 0.478 e. The summed E-state index contributed by atoms with van der Waals surface area (Å²) < 4.78 is 1.89. The van der Waals surface area contributed by atoms with Crippen LogP contribution in [0.15, 0.2) is 30.7 Å². The minimum atomic E-state index is -0.968. The first-order valence-corrected chi connectivity index (χ1v) is 9.28. The molecule has 27 heavy (non-hydrogen) atoms. The Morgan fingerprint density at radius 1 is 1.33 bits per heavy atom. The van der Waals surface area contributed by atoms with Gasteiger partial charge in [0.1, 0.15) is 0 Å². The van der Waals surface area contributed by atoms with Gasteiger partial charge in [-0.2, -0.15) is 5.10 Å². The van der Waals surface area contributed by atoms with Crippen molar-refractivity contribution in [3.8, 4) is 11.1 Å². The smallest absolute Gasteiger partial charge is 0.328 e. The van der Waals surface area contributed by atoms with Crippen molar-refractivity contribution < 1.29 is 9.90 Å². The Balaban J connectivity index is 2.04. The van der Waals surface area contributed by atoms with Crippen molar-refractivity contribution in [1.29, 1.82) is 0 Å². The van der Waals surface area contributed by atoms with Gasteiger partial charge in [-0.15, -0.1) is 0 Å². The molecular weight excluding hydrogens is 340 g/mol. The molecule has 0 saturated heterocycles. The van der Waals surface area contributed by atoms with Crippen LogP contribution in [0, 0.1) is 12.8 Å². The number of nitrogens with zero attached hydrogens (tertiary/aromatic N) is 4. The summed E-state index contributed by atoms with van der Waals surface area (Å²) in [6.45, 7) is 4.78. The molecular formula is C21H22N4O2. The summed E-state index contributed by atoms with van der Waals surface area (Å²) in [5.41, 5.74) is 5.62. The molecule has 0 radical (unpaired) electrons. The molecule has 138 valence electrons. The van der Waals surface area contributed by atoms with Crippen LogP contribution in [0.4, 0.5) is 0 Å². The minimum absolute atomic E-state index is 0.633. The molecule has 3 aromatic heterocycles. The Bertz CT molecular complexity index is 1050. The monoisotopic (exact) mass is 362 g/mol. The number of rotatable bonds is 6. The number of aliphatic carboxylic acids is 1. The molecule has 4 rings (SSSR count). The molecule has 3 aromatic rings. The van der Waals surface area contributed by atoms with Crippen LogP contribution in [0.3, 0.4) is 0 Å². The van der Waals surface area contributed by atoms with Gasteiger partial charge in [0.05, 0.1) is 11.9 Å².